The van der Waals surface area contributed by atoms with Crippen LogP contribution < -0.4 is 5.32 Å². The number of aromatic hydroxyl groups is 1. The Kier molecular flexibility index (Phi) is 4.41. The van der Waals surface area contributed by atoms with Gasteiger partial charge in [0, 0.05) is 11.9 Å². The molecule has 0 fully saturated rings. The molecule has 0 atom stereocenters. The van der Waals surface area contributed by atoms with Crippen LogP contribution in [0.15, 0.2) is 72.8 Å². The number of rotatable bonds is 4. The van der Waals surface area contributed by atoms with E-state index in [4.69, 9.17) is 0 Å². The standard InChI is InChI=1S/C23H17NO4/c25-20-12-19-16(15-8-4-5-9-17(15)20)10-11-18(23(27)28)21(19)22(26)24-13-14-6-2-1-3-7-14/h1-12,25H,13H2,(H,24,26)(H,27,28). The van der Waals surface area contributed by atoms with Crippen LogP contribution in [0.25, 0.3) is 21.5 Å². The third-order valence-electron chi connectivity index (χ3n) is 4.77. The van der Waals surface area contributed by atoms with E-state index in [1.165, 1.54) is 12.1 Å². The highest BCUT2D eigenvalue weighted by Crippen LogP contribution is 2.35. The predicted octanol–water partition coefficient (Wildman–Crippen LogP) is 4.33. The topological polar surface area (TPSA) is 86.6 Å². The minimum Gasteiger partial charge on any atom is -0.507 e. The van der Waals surface area contributed by atoms with Gasteiger partial charge >= 0.3 is 5.97 Å². The van der Waals surface area contributed by atoms with Gasteiger partial charge in [-0.05, 0) is 33.9 Å². The van der Waals surface area contributed by atoms with Crippen molar-refractivity contribution >= 4 is 33.4 Å². The van der Waals surface area contributed by atoms with E-state index < -0.39 is 11.9 Å². The first kappa shape index (κ1) is 17.5. The number of carboxylic acids is 1. The average Bonchev–Trinajstić information content (AvgIpc) is 2.72. The summed E-state index contributed by atoms with van der Waals surface area (Å²) in [6, 6.07) is 21.2. The molecule has 0 saturated carbocycles. The van der Waals surface area contributed by atoms with Crippen molar-refractivity contribution in [3.8, 4) is 5.75 Å². The number of fused-ring (bicyclic) bond motifs is 3. The number of hydrogen-bond acceptors (Lipinski definition) is 3. The van der Waals surface area contributed by atoms with Gasteiger partial charge in [-0.15, -0.1) is 0 Å². The number of phenols is 1. The van der Waals surface area contributed by atoms with Crippen LogP contribution in [0.2, 0.25) is 0 Å². The molecule has 4 rings (SSSR count). The van der Waals surface area contributed by atoms with E-state index >= 15 is 0 Å². The quantitative estimate of drug-likeness (QED) is 0.466. The molecular formula is C23H17NO4. The normalized spacial score (nSPS) is 10.9. The number of carboxylic acid groups (broad SMARTS) is 1. The van der Waals surface area contributed by atoms with Gasteiger partial charge < -0.3 is 15.5 Å². The highest BCUT2D eigenvalue weighted by molar-refractivity contribution is 6.20. The van der Waals surface area contributed by atoms with Crippen LogP contribution in [0.1, 0.15) is 26.3 Å². The van der Waals surface area contributed by atoms with Crippen molar-refractivity contribution in [1.82, 2.24) is 5.32 Å². The van der Waals surface area contributed by atoms with Crippen LogP contribution in [0.3, 0.4) is 0 Å². The number of hydrogen-bond donors (Lipinski definition) is 3. The van der Waals surface area contributed by atoms with E-state index in [-0.39, 0.29) is 23.4 Å². The van der Waals surface area contributed by atoms with Crippen molar-refractivity contribution in [2.45, 2.75) is 6.54 Å². The Labute approximate surface area is 160 Å². The monoisotopic (exact) mass is 371 g/mol. The van der Waals surface area contributed by atoms with Crippen molar-refractivity contribution in [3.05, 3.63) is 89.5 Å². The lowest BCUT2D eigenvalue weighted by atomic mass is 9.93. The van der Waals surface area contributed by atoms with Gasteiger partial charge in [0.1, 0.15) is 5.75 Å². The minimum atomic E-state index is -1.19. The molecular weight excluding hydrogens is 354 g/mol. The lowest BCUT2D eigenvalue weighted by Gasteiger charge is -2.14. The van der Waals surface area contributed by atoms with E-state index in [0.717, 1.165) is 10.9 Å². The van der Waals surface area contributed by atoms with Gasteiger partial charge in [-0.1, -0.05) is 60.7 Å². The molecule has 4 aromatic carbocycles. The zero-order valence-corrected chi connectivity index (χ0v) is 14.8. The summed E-state index contributed by atoms with van der Waals surface area (Å²) in [7, 11) is 0. The Hall–Kier alpha value is -3.86. The van der Waals surface area contributed by atoms with Gasteiger partial charge in [0.25, 0.3) is 5.91 Å². The van der Waals surface area contributed by atoms with Gasteiger partial charge in [0.2, 0.25) is 0 Å². The van der Waals surface area contributed by atoms with Gasteiger partial charge in [-0.25, -0.2) is 4.79 Å². The largest absolute Gasteiger partial charge is 0.507 e. The van der Waals surface area contributed by atoms with Crippen LogP contribution in [0, 0.1) is 0 Å². The highest BCUT2D eigenvalue weighted by Gasteiger charge is 2.21. The Morgan fingerprint density at radius 2 is 1.43 bits per heavy atom. The molecule has 0 aliphatic carbocycles. The van der Waals surface area contributed by atoms with E-state index in [9.17, 15) is 19.8 Å². The number of nitrogens with one attached hydrogen (secondary N) is 1. The number of aromatic carboxylic acids is 1. The molecule has 3 N–H and O–H groups in total. The molecule has 0 bridgehead atoms. The van der Waals surface area contributed by atoms with Crippen molar-refractivity contribution in [2.24, 2.45) is 0 Å². The van der Waals surface area contributed by atoms with Gasteiger partial charge in [-0.3, -0.25) is 4.79 Å². The second-order valence-electron chi connectivity index (χ2n) is 6.50. The van der Waals surface area contributed by atoms with Gasteiger partial charge in [0.05, 0.1) is 11.1 Å². The summed E-state index contributed by atoms with van der Waals surface area (Å²) in [5, 5.41) is 25.3. The SMILES string of the molecule is O=C(O)c1ccc2c(cc(O)c3ccccc32)c1C(=O)NCc1ccccc1. The average molecular weight is 371 g/mol. The molecule has 5 heteroatoms. The van der Waals surface area contributed by atoms with E-state index in [2.05, 4.69) is 5.32 Å². The maximum absolute atomic E-state index is 12.9. The summed E-state index contributed by atoms with van der Waals surface area (Å²) >= 11 is 0. The Morgan fingerprint density at radius 1 is 0.786 bits per heavy atom. The summed E-state index contributed by atoms with van der Waals surface area (Å²) in [6.45, 7) is 0.273. The molecule has 0 radical (unpaired) electrons. The molecule has 28 heavy (non-hydrogen) atoms. The van der Waals surface area contributed by atoms with E-state index in [1.807, 2.05) is 48.5 Å². The molecule has 0 aliphatic rings. The predicted molar refractivity (Wildman–Crippen MR) is 108 cm³/mol. The van der Waals surface area contributed by atoms with E-state index in [0.29, 0.717) is 16.2 Å². The summed E-state index contributed by atoms with van der Waals surface area (Å²) in [5.74, 6) is -1.69. The molecule has 5 nitrogen and oxygen atoms in total. The molecule has 4 aromatic rings. The van der Waals surface area contributed by atoms with Crippen molar-refractivity contribution in [3.63, 3.8) is 0 Å². The first-order valence-electron chi connectivity index (χ1n) is 8.79. The molecule has 0 heterocycles. The number of phenolic OH excluding ortho intramolecular Hbond substituents is 1. The Balaban J connectivity index is 1.88. The van der Waals surface area contributed by atoms with Gasteiger partial charge in [-0.2, -0.15) is 0 Å². The molecule has 1 amide bonds. The van der Waals surface area contributed by atoms with E-state index in [1.54, 1.807) is 12.1 Å². The van der Waals surface area contributed by atoms with Crippen LogP contribution >= 0.6 is 0 Å². The summed E-state index contributed by atoms with van der Waals surface area (Å²) < 4.78 is 0. The number of carbonyl (C=O) groups excluding carboxylic acids is 1. The molecule has 0 unspecified atom stereocenters. The lowest BCUT2D eigenvalue weighted by Crippen LogP contribution is -2.25. The Bertz CT molecular complexity index is 1220. The van der Waals surface area contributed by atoms with Gasteiger partial charge in [0.15, 0.2) is 0 Å². The molecule has 138 valence electrons. The zero-order valence-electron chi connectivity index (χ0n) is 14.8. The third-order valence-corrected chi connectivity index (χ3v) is 4.77. The molecule has 0 aliphatic heterocycles. The number of benzene rings is 4. The maximum Gasteiger partial charge on any atom is 0.336 e. The minimum absolute atomic E-state index is 0.00254. The third kappa shape index (κ3) is 3.03. The lowest BCUT2D eigenvalue weighted by molar-refractivity contribution is 0.0691. The second kappa shape index (κ2) is 7.04. The fourth-order valence-electron chi connectivity index (χ4n) is 3.45. The first-order valence-corrected chi connectivity index (χ1v) is 8.79. The van der Waals surface area contributed by atoms with Crippen molar-refractivity contribution in [1.29, 1.82) is 0 Å². The van der Waals surface area contributed by atoms with Crippen LogP contribution in [-0.4, -0.2) is 22.1 Å². The molecule has 0 aromatic heterocycles. The zero-order chi connectivity index (χ0) is 19.7. The first-order chi connectivity index (χ1) is 13.6. The molecule has 0 spiro atoms. The van der Waals surface area contributed by atoms with Crippen molar-refractivity contribution in [2.75, 3.05) is 0 Å². The fraction of sp³-hybridized carbons (Fsp3) is 0.0435. The number of amides is 1. The summed E-state index contributed by atoms with van der Waals surface area (Å²) in [4.78, 5) is 24.7. The van der Waals surface area contributed by atoms with Crippen molar-refractivity contribution < 1.29 is 19.8 Å². The molecule has 0 saturated heterocycles. The van der Waals surface area contributed by atoms with Crippen LogP contribution in [0.5, 0.6) is 5.75 Å². The Morgan fingerprint density at radius 3 is 2.14 bits per heavy atom. The smallest absolute Gasteiger partial charge is 0.336 e. The van der Waals surface area contributed by atoms with Crippen LogP contribution in [0.4, 0.5) is 0 Å². The summed E-state index contributed by atoms with van der Waals surface area (Å²) in [5.41, 5.74) is 0.844. The van der Waals surface area contributed by atoms with Crippen LogP contribution in [-0.2, 0) is 6.54 Å². The highest BCUT2D eigenvalue weighted by atomic mass is 16.4. The second-order valence-corrected chi connectivity index (χ2v) is 6.50. The maximum atomic E-state index is 12.9. The number of carbonyl (C=O) groups is 2. The fourth-order valence-corrected chi connectivity index (χ4v) is 3.45. The summed E-state index contributed by atoms with van der Waals surface area (Å²) in [6.07, 6.45) is 0.